The SMILES string of the molecule is N#Cc1nc([C@@H]2C[C@@H]2c2ccccc2)oc1N1CCN(Cc2ccc3c(c2)OCO3)CC1. The number of anilines is 1. The number of benzene rings is 2. The van der Waals surface area contributed by atoms with Crippen LogP contribution in [-0.2, 0) is 6.54 Å². The van der Waals surface area contributed by atoms with Crippen molar-refractivity contribution in [3.05, 3.63) is 71.2 Å². The van der Waals surface area contributed by atoms with E-state index >= 15 is 0 Å². The number of nitrogens with zero attached hydrogens (tertiary/aromatic N) is 4. The Balaban J connectivity index is 1.10. The van der Waals surface area contributed by atoms with E-state index < -0.39 is 0 Å². The lowest BCUT2D eigenvalue weighted by molar-refractivity contribution is 0.174. The van der Waals surface area contributed by atoms with Gasteiger partial charge in [0.15, 0.2) is 11.5 Å². The Labute approximate surface area is 186 Å². The Morgan fingerprint density at radius 1 is 0.969 bits per heavy atom. The lowest BCUT2D eigenvalue weighted by Crippen LogP contribution is -2.46. The molecule has 7 heteroatoms. The molecule has 7 nitrogen and oxygen atoms in total. The molecule has 3 aliphatic rings. The standard InChI is InChI=1S/C25H24N4O3/c26-14-21-25(32-24(27-21)20-13-19(20)18-4-2-1-3-5-18)29-10-8-28(9-11-29)15-17-6-7-22-23(12-17)31-16-30-22/h1-7,12,19-20H,8-11,13,15-16H2/t19-,20-/m1/s1. The monoisotopic (exact) mass is 428 g/mol. The van der Waals surface area contributed by atoms with Crippen molar-refractivity contribution >= 4 is 5.88 Å². The maximum atomic E-state index is 9.64. The van der Waals surface area contributed by atoms with Gasteiger partial charge in [-0.2, -0.15) is 5.26 Å². The molecule has 2 fully saturated rings. The molecule has 0 N–H and O–H groups in total. The van der Waals surface area contributed by atoms with Gasteiger partial charge in [0.2, 0.25) is 24.3 Å². The second-order valence-electron chi connectivity index (χ2n) is 8.63. The molecular weight excluding hydrogens is 404 g/mol. The van der Waals surface area contributed by atoms with Crippen LogP contribution < -0.4 is 14.4 Å². The van der Waals surface area contributed by atoms with Crippen LogP contribution >= 0.6 is 0 Å². The molecule has 0 spiro atoms. The van der Waals surface area contributed by atoms with Crippen LogP contribution in [0.4, 0.5) is 5.88 Å². The van der Waals surface area contributed by atoms with Crippen LogP contribution in [0.3, 0.4) is 0 Å². The summed E-state index contributed by atoms with van der Waals surface area (Å²) < 4.78 is 17.1. The van der Waals surface area contributed by atoms with Crippen LogP contribution in [-0.4, -0.2) is 42.9 Å². The van der Waals surface area contributed by atoms with Crippen molar-refractivity contribution in [2.75, 3.05) is 37.9 Å². The third-order valence-corrected chi connectivity index (χ3v) is 6.57. The molecule has 0 unspecified atom stereocenters. The van der Waals surface area contributed by atoms with E-state index in [1.807, 2.05) is 12.1 Å². The zero-order valence-electron chi connectivity index (χ0n) is 17.7. The molecule has 3 heterocycles. The van der Waals surface area contributed by atoms with Crippen molar-refractivity contribution in [1.82, 2.24) is 9.88 Å². The number of rotatable bonds is 5. The Kier molecular flexibility index (Phi) is 4.73. The van der Waals surface area contributed by atoms with Crippen LogP contribution in [0.5, 0.6) is 11.5 Å². The van der Waals surface area contributed by atoms with E-state index in [2.05, 4.69) is 57.3 Å². The minimum Gasteiger partial charge on any atom is -0.454 e. The molecule has 0 bridgehead atoms. The van der Waals surface area contributed by atoms with Crippen LogP contribution in [0.2, 0.25) is 0 Å². The van der Waals surface area contributed by atoms with Gasteiger partial charge in [-0.1, -0.05) is 36.4 Å². The Morgan fingerprint density at radius 3 is 2.59 bits per heavy atom. The van der Waals surface area contributed by atoms with Crippen molar-refractivity contribution in [2.24, 2.45) is 0 Å². The minimum absolute atomic E-state index is 0.269. The average Bonchev–Trinajstić information content (AvgIpc) is 3.30. The van der Waals surface area contributed by atoms with Gasteiger partial charge >= 0.3 is 0 Å². The number of ether oxygens (including phenoxy) is 2. The van der Waals surface area contributed by atoms with E-state index in [-0.39, 0.29) is 5.92 Å². The highest BCUT2D eigenvalue weighted by molar-refractivity contribution is 5.49. The second-order valence-corrected chi connectivity index (χ2v) is 8.63. The molecule has 2 aliphatic heterocycles. The van der Waals surface area contributed by atoms with Gasteiger partial charge in [-0.15, -0.1) is 0 Å². The van der Waals surface area contributed by atoms with Crippen molar-refractivity contribution < 1.29 is 13.9 Å². The van der Waals surface area contributed by atoms with E-state index in [9.17, 15) is 5.26 Å². The lowest BCUT2D eigenvalue weighted by Gasteiger charge is -2.34. The third-order valence-electron chi connectivity index (χ3n) is 6.57. The summed E-state index contributed by atoms with van der Waals surface area (Å²) in [5, 5.41) is 9.64. The highest BCUT2D eigenvalue weighted by Gasteiger charge is 2.44. The molecule has 1 aliphatic carbocycles. The first-order chi connectivity index (χ1) is 15.8. The molecule has 162 valence electrons. The Bertz CT molecular complexity index is 1160. The summed E-state index contributed by atoms with van der Waals surface area (Å²) in [5.41, 5.74) is 2.93. The van der Waals surface area contributed by atoms with Gasteiger partial charge < -0.3 is 18.8 Å². The van der Waals surface area contributed by atoms with Crippen molar-refractivity contribution in [3.63, 3.8) is 0 Å². The number of nitriles is 1. The molecule has 3 aromatic rings. The normalized spacial score (nSPS) is 22.0. The minimum atomic E-state index is 0.269. The van der Waals surface area contributed by atoms with Crippen LogP contribution in [0.15, 0.2) is 52.9 Å². The molecule has 1 saturated carbocycles. The third kappa shape index (κ3) is 3.57. The van der Waals surface area contributed by atoms with Crippen molar-refractivity contribution in [1.29, 1.82) is 5.26 Å². The lowest BCUT2D eigenvalue weighted by atomic mass is 10.1. The van der Waals surface area contributed by atoms with Crippen molar-refractivity contribution in [2.45, 2.75) is 24.8 Å². The first-order valence-electron chi connectivity index (χ1n) is 11.1. The highest BCUT2D eigenvalue weighted by Crippen LogP contribution is 2.54. The Morgan fingerprint density at radius 2 is 1.78 bits per heavy atom. The summed E-state index contributed by atoms with van der Waals surface area (Å²) in [7, 11) is 0. The van der Waals surface area contributed by atoms with Gasteiger partial charge in [0.25, 0.3) is 0 Å². The number of aromatic nitrogens is 1. The topological polar surface area (TPSA) is 74.8 Å². The quantitative estimate of drug-likeness (QED) is 0.611. The van der Waals surface area contributed by atoms with Gasteiger partial charge in [-0.3, -0.25) is 4.90 Å². The molecule has 1 aromatic heterocycles. The predicted octanol–water partition coefficient (Wildman–Crippen LogP) is 3.87. The van der Waals surface area contributed by atoms with E-state index in [1.165, 1.54) is 11.1 Å². The molecule has 0 radical (unpaired) electrons. The summed E-state index contributed by atoms with van der Waals surface area (Å²) >= 11 is 0. The smallest absolute Gasteiger partial charge is 0.234 e. The molecule has 1 saturated heterocycles. The molecule has 2 aromatic carbocycles. The van der Waals surface area contributed by atoms with E-state index in [4.69, 9.17) is 13.9 Å². The summed E-state index contributed by atoms with van der Waals surface area (Å²) in [5.74, 6) is 3.67. The maximum absolute atomic E-state index is 9.64. The van der Waals surface area contributed by atoms with E-state index in [0.717, 1.165) is 50.6 Å². The van der Waals surface area contributed by atoms with Crippen LogP contribution in [0.1, 0.15) is 41.0 Å². The molecule has 2 atom stereocenters. The summed E-state index contributed by atoms with van der Waals surface area (Å²) in [6.07, 6.45) is 1.03. The molecule has 0 amide bonds. The van der Waals surface area contributed by atoms with Crippen LogP contribution in [0, 0.1) is 11.3 Å². The zero-order chi connectivity index (χ0) is 21.5. The first kappa shape index (κ1) is 19.2. The van der Waals surface area contributed by atoms with E-state index in [0.29, 0.717) is 30.2 Å². The van der Waals surface area contributed by atoms with Crippen molar-refractivity contribution in [3.8, 4) is 17.6 Å². The fourth-order valence-corrected chi connectivity index (χ4v) is 4.72. The fraction of sp³-hybridized carbons (Fsp3) is 0.360. The second kappa shape index (κ2) is 7.88. The summed E-state index contributed by atoms with van der Waals surface area (Å²) in [4.78, 5) is 9.12. The average molecular weight is 428 g/mol. The Hall–Kier alpha value is -3.50. The van der Waals surface area contributed by atoms with Gasteiger partial charge in [-0.05, 0) is 35.6 Å². The molecule has 32 heavy (non-hydrogen) atoms. The summed E-state index contributed by atoms with van der Waals surface area (Å²) in [6.45, 7) is 4.56. The number of piperazine rings is 1. The highest BCUT2D eigenvalue weighted by atomic mass is 16.7. The predicted molar refractivity (Wildman–Crippen MR) is 118 cm³/mol. The van der Waals surface area contributed by atoms with Gasteiger partial charge in [0, 0.05) is 38.6 Å². The number of fused-ring (bicyclic) bond motifs is 1. The summed E-state index contributed by atoms with van der Waals surface area (Å²) in [6, 6.07) is 18.8. The van der Waals surface area contributed by atoms with E-state index in [1.54, 1.807) is 0 Å². The number of oxazole rings is 1. The number of hydrogen-bond donors (Lipinski definition) is 0. The molecule has 6 rings (SSSR count). The van der Waals surface area contributed by atoms with Gasteiger partial charge in [0.05, 0.1) is 0 Å². The maximum Gasteiger partial charge on any atom is 0.234 e. The zero-order valence-corrected chi connectivity index (χ0v) is 17.7. The first-order valence-corrected chi connectivity index (χ1v) is 11.1. The van der Waals surface area contributed by atoms with Crippen LogP contribution in [0.25, 0.3) is 0 Å². The fourth-order valence-electron chi connectivity index (χ4n) is 4.72. The van der Waals surface area contributed by atoms with Gasteiger partial charge in [0.1, 0.15) is 6.07 Å². The molecular formula is C25H24N4O3. The van der Waals surface area contributed by atoms with Gasteiger partial charge in [-0.25, -0.2) is 4.98 Å². The largest absolute Gasteiger partial charge is 0.454 e. The number of hydrogen-bond acceptors (Lipinski definition) is 7.